The maximum Gasteiger partial charge on any atom is 0.257 e. The molecule has 1 N–H and O–H groups in total. The number of hydrogen-bond donors (Lipinski definition) is 1. The number of aryl methyl sites for hydroxylation is 2. The van der Waals surface area contributed by atoms with Crippen molar-refractivity contribution < 1.29 is 9.47 Å². The van der Waals surface area contributed by atoms with E-state index in [2.05, 4.69) is 10.1 Å². The number of nitrogens with zero attached hydrogens (tertiary/aromatic N) is 2. The molecule has 0 radical (unpaired) electrons. The Kier molecular flexibility index (Phi) is 3.36. The predicted molar refractivity (Wildman–Crippen MR) is 84.6 cm³/mol. The Labute approximate surface area is 127 Å². The molecule has 114 valence electrons. The van der Waals surface area contributed by atoms with Gasteiger partial charge in [0.1, 0.15) is 17.1 Å². The number of pyridine rings is 1. The molecule has 0 spiro atoms. The summed E-state index contributed by atoms with van der Waals surface area (Å²) in [6.07, 6.45) is 1.75. The van der Waals surface area contributed by atoms with Crippen LogP contribution in [0, 0.1) is 6.92 Å². The molecule has 0 aliphatic heterocycles. The van der Waals surface area contributed by atoms with Crippen LogP contribution in [0.25, 0.3) is 22.2 Å². The Morgan fingerprint density at radius 1 is 1.14 bits per heavy atom. The van der Waals surface area contributed by atoms with Crippen LogP contribution in [0.3, 0.4) is 0 Å². The second kappa shape index (κ2) is 5.22. The highest BCUT2D eigenvalue weighted by Gasteiger charge is 2.15. The molecule has 22 heavy (non-hydrogen) atoms. The first-order chi connectivity index (χ1) is 10.5. The van der Waals surface area contributed by atoms with E-state index in [1.54, 1.807) is 38.2 Å². The molecular weight excluding hydrogens is 282 g/mol. The summed E-state index contributed by atoms with van der Waals surface area (Å²) in [6.45, 7) is 1.92. The first kappa shape index (κ1) is 14.2. The molecule has 0 saturated carbocycles. The molecular formula is C16H17N3O3. The van der Waals surface area contributed by atoms with E-state index in [0.29, 0.717) is 22.7 Å². The fourth-order valence-electron chi connectivity index (χ4n) is 2.63. The van der Waals surface area contributed by atoms with Gasteiger partial charge in [0.15, 0.2) is 0 Å². The fourth-order valence-corrected chi connectivity index (χ4v) is 2.63. The van der Waals surface area contributed by atoms with E-state index in [0.717, 1.165) is 16.5 Å². The van der Waals surface area contributed by atoms with Gasteiger partial charge in [0, 0.05) is 18.5 Å². The molecule has 2 heterocycles. The SMILES string of the molecule is COc1cc(OC)cc(-c2c(C)c3cnn(C)c3[nH]c2=O)c1. The van der Waals surface area contributed by atoms with Crippen molar-refractivity contribution in [3.8, 4) is 22.6 Å². The maximum absolute atomic E-state index is 12.5. The van der Waals surface area contributed by atoms with Crippen LogP contribution in [0.5, 0.6) is 11.5 Å². The van der Waals surface area contributed by atoms with Gasteiger partial charge < -0.3 is 14.5 Å². The minimum atomic E-state index is -0.163. The first-order valence-corrected chi connectivity index (χ1v) is 6.83. The summed E-state index contributed by atoms with van der Waals surface area (Å²) in [6, 6.07) is 5.42. The molecule has 1 aromatic carbocycles. The van der Waals surface area contributed by atoms with Crippen LogP contribution in [0.1, 0.15) is 5.56 Å². The minimum absolute atomic E-state index is 0.163. The van der Waals surface area contributed by atoms with Gasteiger partial charge in [0.05, 0.1) is 26.0 Å². The van der Waals surface area contributed by atoms with Crippen LogP contribution in [-0.4, -0.2) is 29.0 Å². The molecule has 0 aliphatic rings. The Morgan fingerprint density at radius 3 is 2.36 bits per heavy atom. The molecule has 0 saturated heterocycles. The van der Waals surface area contributed by atoms with Crippen LogP contribution < -0.4 is 15.0 Å². The standard InChI is InChI=1S/C16H17N3O3/c1-9-13-8-17-19(2)15(13)18-16(20)14(9)10-5-11(21-3)7-12(6-10)22-4/h5-8H,1-4H3,(H,18,20). The highest BCUT2D eigenvalue weighted by atomic mass is 16.5. The van der Waals surface area contributed by atoms with E-state index < -0.39 is 0 Å². The van der Waals surface area contributed by atoms with Crippen LogP contribution >= 0.6 is 0 Å². The van der Waals surface area contributed by atoms with Crippen LogP contribution in [0.15, 0.2) is 29.2 Å². The summed E-state index contributed by atoms with van der Waals surface area (Å²) in [5.41, 5.74) is 2.77. The van der Waals surface area contributed by atoms with Gasteiger partial charge in [-0.05, 0) is 30.2 Å². The van der Waals surface area contributed by atoms with Crippen molar-refractivity contribution >= 4 is 11.0 Å². The van der Waals surface area contributed by atoms with Gasteiger partial charge in [-0.25, -0.2) is 0 Å². The predicted octanol–water partition coefficient (Wildman–Crippen LogP) is 2.25. The van der Waals surface area contributed by atoms with Gasteiger partial charge in [-0.15, -0.1) is 0 Å². The van der Waals surface area contributed by atoms with E-state index in [-0.39, 0.29) is 5.56 Å². The number of fused-ring (bicyclic) bond motifs is 1. The molecule has 0 unspecified atom stereocenters. The second-order valence-corrected chi connectivity index (χ2v) is 5.09. The lowest BCUT2D eigenvalue weighted by molar-refractivity contribution is 0.394. The largest absolute Gasteiger partial charge is 0.497 e. The Hall–Kier alpha value is -2.76. The highest BCUT2D eigenvalue weighted by molar-refractivity contribution is 5.86. The summed E-state index contributed by atoms with van der Waals surface area (Å²) in [5.74, 6) is 1.28. The zero-order valence-corrected chi connectivity index (χ0v) is 12.9. The van der Waals surface area contributed by atoms with E-state index in [9.17, 15) is 4.79 Å². The lowest BCUT2D eigenvalue weighted by Gasteiger charge is -2.10. The fraction of sp³-hybridized carbons (Fsp3) is 0.250. The number of H-pyrrole nitrogens is 1. The Morgan fingerprint density at radius 2 is 1.77 bits per heavy atom. The molecule has 0 fully saturated rings. The van der Waals surface area contributed by atoms with Gasteiger partial charge in [0.2, 0.25) is 0 Å². The first-order valence-electron chi connectivity index (χ1n) is 6.83. The summed E-state index contributed by atoms with van der Waals surface area (Å²) in [5, 5.41) is 5.11. The van der Waals surface area contributed by atoms with E-state index in [1.165, 1.54) is 0 Å². The Bertz CT molecular complexity index is 887. The van der Waals surface area contributed by atoms with Gasteiger partial charge in [0.25, 0.3) is 5.56 Å². The zero-order chi connectivity index (χ0) is 15.9. The van der Waals surface area contributed by atoms with Crippen molar-refractivity contribution in [2.24, 2.45) is 7.05 Å². The summed E-state index contributed by atoms with van der Waals surface area (Å²) >= 11 is 0. The third-order valence-corrected chi connectivity index (χ3v) is 3.82. The second-order valence-electron chi connectivity index (χ2n) is 5.09. The molecule has 3 rings (SSSR count). The molecule has 0 atom stereocenters. The lowest BCUT2D eigenvalue weighted by Crippen LogP contribution is -2.12. The van der Waals surface area contributed by atoms with E-state index >= 15 is 0 Å². The Balaban J connectivity index is 2.32. The average Bonchev–Trinajstić information content (AvgIpc) is 2.88. The number of aromatic amines is 1. The van der Waals surface area contributed by atoms with E-state index in [4.69, 9.17) is 9.47 Å². The highest BCUT2D eigenvalue weighted by Crippen LogP contribution is 2.31. The summed E-state index contributed by atoms with van der Waals surface area (Å²) < 4.78 is 12.2. The van der Waals surface area contributed by atoms with Crippen molar-refractivity contribution in [3.05, 3.63) is 40.3 Å². The van der Waals surface area contributed by atoms with Crippen molar-refractivity contribution in [2.75, 3.05) is 14.2 Å². The van der Waals surface area contributed by atoms with Crippen molar-refractivity contribution in [2.45, 2.75) is 6.92 Å². The third-order valence-electron chi connectivity index (χ3n) is 3.82. The number of ether oxygens (including phenoxy) is 2. The zero-order valence-electron chi connectivity index (χ0n) is 12.9. The van der Waals surface area contributed by atoms with Crippen molar-refractivity contribution in [3.63, 3.8) is 0 Å². The normalized spacial score (nSPS) is 10.9. The number of hydrogen-bond acceptors (Lipinski definition) is 4. The van der Waals surface area contributed by atoms with Crippen LogP contribution in [0.2, 0.25) is 0 Å². The molecule has 6 nitrogen and oxygen atoms in total. The van der Waals surface area contributed by atoms with Gasteiger partial charge in [-0.2, -0.15) is 5.10 Å². The number of benzene rings is 1. The lowest BCUT2D eigenvalue weighted by atomic mass is 10.00. The number of rotatable bonds is 3. The monoisotopic (exact) mass is 299 g/mol. The minimum Gasteiger partial charge on any atom is -0.497 e. The summed E-state index contributed by atoms with van der Waals surface area (Å²) in [7, 11) is 4.96. The van der Waals surface area contributed by atoms with Gasteiger partial charge in [-0.1, -0.05) is 0 Å². The van der Waals surface area contributed by atoms with E-state index in [1.807, 2.05) is 19.1 Å². The molecule has 0 bridgehead atoms. The van der Waals surface area contributed by atoms with Crippen molar-refractivity contribution in [1.29, 1.82) is 0 Å². The summed E-state index contributed by atoms with van der Waals surface area (Å²) in [4.78, 5) is 15.4. The molecule has 2 aromatic heterocycles. The van der Waals surface area contributed by atoms with Crippen LogP contribution in [0.4, 0.5) is 0 Å². The van der Waals surface area contributed by atoms with Crippen LogP contribution in [-0.2, 0) is 7.05 Å². The number of aromatic nitrogens is 3. The van der Waals surface area contributed by atoms with Crippen molar-refractivity contribution in [1.82, 2.24) is 14.8 Å². The topological polar surface area (TPSA) is 69.1 Å². The third kappa shape index (κ3) is 2.13. The molecule has 0 aliphatic carbocycles. The quantitative estimate of drug-likeness (QED) is 0.805. The molecule has 0 amide bonds. The average molecular weight is 299 g/mol. The number of methoxy groups -OCH3 is 2. The molecule has 3 aromatic rings. The number of nitrogens with one attached hydrogen (secondary N) is 1. The maximum atomic E-state index is 12.5. The van der Waals surface area contributed by atoms with Gasteiger partial charge >= 0.3 is 0 Å². The smallest absolute Gasteiger partial charge is 0.257 e. The molecule has 6 heteroatoms. The van der Waals surface area contributed by atoms with Gasteiger partial charge in [-0.3, -0.25) is 9.48 Å².